The molecule has 0 saturated heterocycles. The van der Waals surface area contributed by atoms with Gasteiger partial charge in [-0.15, -0.1) is 10.2 Å². The highest BCUT2D eigenvalue weighted by molar-refractivity contribution is 7.16. The first-order valence-electron chi connectivity index (χ1n) is 8.07. The van der Waals surface area contributed by atoms with Crippen LogP contribution in [0.15, 0.2) is 24.3 Å². The van der Waals surface area contributed by atoms with E-state index in [0.29, 0.717) is 5.92 Å². The van der Waals surface area contributed by atoms with Gasteiger partial charge in [0.15, 0.2) is 5.82 Å². The zero-order valence-corrected chi connectivity index (χ0v) is 13.6. The Balaban J connectivity index is 1.64. The van der Waals surface area contributed by atoms with E-state index in [1.807, 2.05) is 4.52 Å². The van der Waals surface area contributed by atoms with Crippen LogP contribution in [0.3, 0.4) is 0 Å². The van der Waals surface area contributed by atoms with Crippen molar-refractivity contribution in [3.8, 4) is 0 Å². The van der Waals surface area contributed by atoms with Crippen molar-refractivity contribution in [2.75, 3.05) is 0 Å². The molecule has 3 aromatic rings. The normalized spacial score (nSPS) is 16.4. The number of nitrogens with zero attached hydrogens (tertiary/aromatic N) is 4. The first-order valence-corrected chi connectivity index (χ1v) is 8.88. The van der Waals surface area contributed by atoms with Crippen LogP contribution < -0.4 is 0 Å². The molecule has 22 heavy (non-hydrogen) atoms. The van der Waals surface area contributed by atoms with Crippen LogP contribution in [-0.2, 0) is 6.42 Å². The van der Waals surface area contributed by atoms with Crippen LogP contribution in [0, 0.1) is 6.92 Å². The lowest BCUT2D eigenvalue weighted by atomic mass is 9.90. The topological polar surface area (TPSA) is 43.1 Å². The number of fused-ring (bicyclic) bond motifs is 1. The summed E-state index contributed by atoms with van der Waals surface area (Å²) < 4.78 is 1.96. The van der Waals surface area contributed by atoms with Gasteiger partial charge in [0.2, 0.25) is 4.96 Å². The van der Waals surface area contributed by atoms with Gasteiger partial charge in [-0.05, 0) is 30.9 Å². The van der Waals surface area contributed by atoms with E-state index in [1.54, 1.807) is 11.3 Å². The average Bonchev–Trinajstić information content (AvgIpc) is 3.12. The van der Waals surface area contributed by atoms with E-state index >= 15 is 0 Å². The van der Waals surface area contributed by atoms with Crippen molar-refractivity contribution in [3.05, 3.63) is 46.2 Å². The smallest absolute Gasteiger partial charge is 0.187 e. The van der Waals surface area contributed by atoms with Crippen molar-refractivity contribution >= 4 is 16.3 Å². The van der Waals surface area contributed by atoms with Gasteiger partial charge in [0.05, 0.1) is 0 Å². The minimum absolute atomic E-state index is 0.631. The molecular weight excluding hydrogens is 292 g/mol. The summed E-state index contributed by atoms with van der Waals surface area (Å²) in [5, 5.41) is 14.7. The third kappa shape index (κ3) is 2.54. The van der Waals surface area contributed by atoms with E-state index in [9.17, 15) is 0 Å². The Bertz CT molecular complexity index is 783. The highest BCUT2D eigenvalue weighted by Crippen LogP contribution is 2.34. The molecule has 1 aromatic carbocycles. The van der Waals surface area contributed by atoms with Crippen LogP contribution in [0.1, 0.15) is 60.0 Å². The molecule has 1 saturated carbocycles. The minimum atomic E-state index is 0.631. The predicted molar refractivity (Wildman–Crippen MR) is 88.5 cm³/mol. The Morgan fingerprint density at radius 1 is 1.14 bits per heavy atom. The molecule has 0 aliphatic heterocycles. The summed E-state index contributed by atoms with van der Waals surface area (Å²) in [4.78, 5) is 0.934. The quantitative estimate of drug-likeness (QED) is 0.730. The number of hydrogen-bond donors (Lipinski definition) is 0. The molecular formula is C17H20N4S. The maximum Gasteiger partial charge on any atom is 0.234 e. The summed E-state index contributed by atoms with van der Waals surface area (Å²) in [5.74, 6) is 1.58. The zero-order valence-electron chi connectivity index (χ0n) is 12.8. The molecule has 0 bridgehead atoms. The molecule has 4 rings (SSSR count). The van der Waals surface area contributed by atoms with Crippen LogP contribution >= 0.6 is 11.3 Å². The second kappa shape index (κ2) is 5.80. The van der Waals surface area contributed by atoms with Crippen molar-refractivity contribution in [1.82, 2.24) is 19.8 Å². The molecule has 1 aliphatic carbocycles. The van der Waals surface area contributed by atoms with Crippen molar-refractivity contribution in [3.63, 3.8) is 0 Å². The second-order valence-electron chi connectivity index (χ2n) is 6.19. The van der Waals surface area contributed by atoms with E-state index in [0.717, 1.165) is 17.2 Å². The van der Waals surface area contributed by atoms with Gasteiger partial charge in [-0.1, -0.05) is 54.9 Å². The fraction of sp³-hybridized carbons (Fsp3) is 0.471. The first kappa shape index (κ1) is 13.9. The van der Waals surface area contributed by atoms with Gasteiger partial charge in [-0.2, -0.15) is 9.61 Å². The standard InChI is InChI=1S/C17H20N4S/c1-12-7-5-6-10-14(12)11-15-18-19-17-21(15)20-16(22-17)13-8-3-2-4-9-13/h5-7,10,13H,2-4,8-9,11H2,1H3. The van der Waals surface area contributed by atoms with Crippen LogP contribution in [0.25, 0.3) is 4.96 Å². The molecule has 0 atom stereocenters. The van der Waals surface area contributed by atoms with Crippen LogP contribution in [0.5, 0.6) is 0 Å². The second-order valence-corrected chi connectivity index (χ2v) is 7.18. The summed E-state index contributed by atoms with van der Waals surface area (Å²) >= 11 is 1.72. The third-order valence-electron chi connectivity index (χ3n) is 4.64. The number of hydrogen-bond acceptors (Lipinski definition) is 4. The van der Waals surface area contributed by atoms with Gasteiger partial charge in [0.25, 0.3) is 0 Å². The highest BCUT2D eigenvalue weighted by atomic mass is 32.1. The summed E-state index contributed by atoms with van der Waals surface area (Å²) in [5.41, 5.74) is 2.59. The van der Waals surface area contributed by atoms with E-state index in [4.69, 9.17) is 5.10 Å². The molecule has 2 heterocycles. The Hall–Kier alpha value is -1.75. The predicted octanol–water partition coefficient (Wildman–Crippen LogP) is 4.13. The molecule has 0 unspecified atom stereocenters. The fourth-order valence-electron chi connectivity index (χ4n) is 3.28. The largest absolute Gasteiger partial charge is 0.234 e. The number of benzene rings is 1. The summed E-state index contributed by atoms with van der Waals surface area (Å²) in [7, 11) is 0. The SMILES string of the molecule is Cc1ccccc1Cc1nnc2sc(C3CCCCC3)nn12. The summed E-state index contributed by atoms with van der Waals surface area (Å²) in [6.45, 7) is 2.14. The molecule has 0 radical (unpaired) electrons. The van der Waals surface area contributed by atoms with Crippen molar-refractivity contribution in [1.29, 1.82) is 0 Å². The van der Waals surface area contributed by atoms with E-state index in [-0.39, 0.29) is 0 Å². The van der Waals surface area contributed by atoms with E-state index < -0.39 is 0 Å². The van der Waals surface area contributed by atoms with Gasteiger partial charge in [0.1, 0.15) is 5.01 Å². The average molecular weight is 312 g/mol. The monoisotopic (exact) mass is 312 g/mol. The molecule has 1 fully saturated rings. The van der Waals surface area contributed by atoms with Crippen molar-refractivity contribution in [2.45, 2.75) is 51.4 Å². The lowest BCUT2D eigenvalue weighted by Crippen LogP contribution is -2.06. The fourth-order valence-corrected chi connectivity index (χ4v) is 4.30. The maximum absolute atomic E-state index is 4.83. The molecule has 5 heteroatoms. The lowest BCUT2D eigenvalue weighted by molar-refractivity contribution is 0.439. The summed E-state index contributed by atoms with van der Waals surface area (Å²) in [6, 6.07) is 8.45. The van der Waals surface area contributed by atoms with Crippen LogP contribution in [-0.4, -0.2) is 19.8 Å². The maximum atomic E-state index is 4.83. The Labute approximate surface area is 134 Å². The number of aromatic nitrogens is 4. The lowest BCUT2D eigenvalue weighted by Gasteiger charge is -2.18. The van der Waals surface area contributed by atoms with Gasteiger partial charge in [-0.25, -0.2) is 0 Å². The van der Waals surface area contributed by atoms with E-state index in [2.05, 4.69) is 41.4 Å². The molecule has 0 N–H and O–H groups in total. The Morgan fingerprint density at radius 3 is 2.77 bits per heavy atom. The highest BCUT2D eigenvalue weighted by Gasteiger charge is 2.21. The number of aryl methyl sites for hydroxylation is 1. The molecule has 114 valence electrons. The summed E-state index contributed by atoms with van der Waals surface area (Å²) in [6.07, 6.45) is 7.39. The minimum Gasteiger partial charge on any atom is -0.187 e. The van der Waals surface area contributed by atoms with Gasteiger partial charge < -0.3 is 0 Å². The van der Waals surface area contributed by atoms with Crippen molar-refractivity contribution in [2.24, 2.45) is 0 Å². The van der Waals surface area contributed by atoms with Gasteiger partial charge in [-0.3, -0.25) is 0 Å². The first-order chi connectivity index (χ1) is 10.8. The third-order valence-corrected chi connectivity index (χ3v) is 5.70. The van der Waals surface area contributed by atoms with Crippen molar-refractivity contribution < 1.29 is 0 Å². The Kier molecular flexibility index (Phi) is 3.66. The molecule has 0 amide bonds. The molecule has 4 nitrogen and oxygen atoms in total. The number of rotatable bonds is 3. The van der Waals surface area contributed by atoms with Crippen LogP contribution in [0.4, 0.5) is 0 Å². The Morgan fingerprint density at radius 2 is 1.95 bits per heavy atom. The van der Waals surface area contributed by atoms with Gasteiger partial charge in [0, 0.05) is 12.3 Å². The molecule has 1 aliphatic rings. The molecule has 0 spiro atoms. The zero-order chi connectivity index (χ0) is 14.9. The van der Waals surface area contributed by atoms with E-state index in [1.165, 1.54) is 48.2 Å². The van der Waals surface area contributed by atoms with Gasteiger partial charge >= 0.3 is 0 Å². The molecule has 2 aromatic heterocycles. The van der Waals surface area contributed by atoms with Crippen LogP contribution in [0.2, 0.25) is 0 Å².